The van der Waals surface area contributed by atoms with Crippen molar-refractivity contribution in [3.8, 4) is 11.8 Å². The van der Waals surface area contributed by atoms with Crippen molar-refractivity contribution in [3.05, 3.63) is 107 Å². The summed E-state index contributed by atoms with van der Waals surface area (Å²) in [6.45, 7) is 2.35. The molecule has 0 aliphatic carbocycles. The Hall–Kier alpha value is -4.38. The molecule has 5 rings (SSSR count). The normalized spacial score (nSPS) is 16.5. The summed E-state index contributed by atoms with van der Waals surface area (Å²) in [6, 6.07) is 24.6. The predicted octanol–water partition coefficient (Wildman–Crippen LogP) is 7.33. The van der Waals surface area contributed by atoms with Crippen molar-refractivity contribution in [2.45, 2.75) is 37.8 Å². The average molecular weight is 558 g/mol. The number of carbonyl (C=O) groups excluding carboxylic acids is 1. The van der Waals surface area contributed by atoms with E-state index >= 15 is 0 Å². The number of aromatic nitrogens is 1. The van der Waals surface area contributed by atoms with Gasteiger partial charge in [-0.2, -0.15) is 18.4 Å². The molecule has 1 aliphatic heterocycles. The maximum absolute atomic E-state index is 14.3. The van der Waals surface area contributed by atoms with E-state index in [1.807, 2.05) is 54.6 Å². The molecule has 0 spiro atoms. The minimum absolute atomic E-state index is 0.108. The van der Waals surface area contributed by atoms with Crippen molar-refractivity contribution in [3.63, 3.8) is 0 Å². The molecule has 1 fully saturated rings. The second-order valence-corrected chi connectivity index (χ2v) is 10.6. The lowest BCUT2D eigenvalue weighted by molar-refractivity contribution is -0.140. The number of fused-ring (bicyclic) bond motifs is 1. The number of benzene rings is 3. The zero-order valence-corrected chi connectivity index (χ0v) is 22.9. The van der Waals surface area contributed by atoms with Crippen LogP contribution in [-0.2, 0) is 11.0 Å². The van der Waals surface area contributed by atoms with E-state index in [0.717, 1.165) is 22.5 Å². The predicted molar refractivity (Wildman–Crippen MR) is 150 cm³/mol. The fraction of sp³-hybridized carbons (Fsp3) is 0.303. The van der Waals surface area contributed by atoms with Gasteiger partial charge in [-0.05, 0) is 61.1 Å². The second-order valence-electron chi connectivity index (χ2n) is 10.6. The molecule has 2 heterocycles. The van der Waals surface area contributed by atoms with Crippen molar-refractivity contribution in [2.75, 3.05) is 20.2 Å². The summed E-state index contributed by atoms with van der Waals surface area (Å²) in [7, 11) is 1.56. The van der Waals surface area contributed by atoms with Gasteiger partial charge in [-0.15, -0.1) is 0 Å². The number of likely N-dealkylation sites (tertiary alicyclic amines) is 1. The molecular weight excluding hydrogens is 527 g/mol. The SMILES string of the molecule is COc1ccccc1C(c1ccnc2ccccc12)C(C)(C#N)C(=O)N1CCC(c2cccc(C(F)(F)F)c2)CC1. The largest absolute Gasteiger partial charge is 0.496 e. The van der Waals surface area contributed by atoms with Crippen molar-refractivity contribution >= 4 is 16.8 Å². The van der Waals surface area contributed by atoms with E-state index in [1.165, 1.54) is 12.1 Å². The number of nitriles is 1. The molecule has 1 aromatic heterocycles. The molecule has 8 heteroatoms. The van der Waals surface area contributed by atoms with Crippen LogP contribution in [0.4, 0.5) is 13.2 Å². The van der Waals surface area contributed by atoms with Gasteiger partial charge in [0.25, 0.3) is 0 Å². The number of rotatable bonds is 6. The number of piperidine rings is 1. The smallest absolute Gasteiger partial charge is 0.416 e. The lowest BCUT2D eigenvalue weighted by Gasteiger charge is -2.39. The standard InChI is InChI=1S/C33H30F3N3O2/c1-32(21-37,31(40)39-18-15-22(16-19-39)23-8-7-9-24(20-23)33(34,35)36)30(27-11-4-6-13-29(27)41-2)26-14-17-38-28-12-5-3-10-25(26)28/h3-14,17,20,22,30H,15-16,18-19H2,1-2H3. The van der Waals surface area contributed by atoms with Gasteiger partial charge in [0.05, 0.1) is 24.3 Å². The number of methoxy groups -OCH3 is 1. The Kier molecular flexibility index (Phi) is 7.72. The topological polar surface area (TPSA) is 66.2 Å². The number of hydrogen-bond acceptors (Lipinski definition) is 4. The molecule has 210 valence electrons. The Morgan fingerprint density at radius 2 is 1.71 bits per heavy atom. The number of halogens is 3. The number of hydrogen-bond donors (Lipinski definition) is 0. The summed E-state index contributed by atoms with van der Waals surface area (Å²) >= 11 is 0. The van der Waals surface area contributed by atoms with Gasteiger partial charge in [-0.3, -0.25) is 9.78 Å². The number of nitrogens with zero attached hydrogens (tertiary/aromatic N) is 3. The first-order chi connectivity index (χ1) is 19.7. The summed E-state index contributed by atoms with van der Waals surface area (Å²) in [4.78, 5) is 20.5. The summed E-state index contributed by atoms with van der Waals surface area (Å²) in [5, 5.41) is 11.5. The molecule has 0 saturated carbocycles. The van der Waals surface area contributed by atoms with E-state index < -0.39 is 23.1 Å². The van der Waals surface area contributed by atoms with E-state index in [0.29, 0.717) is 42.8 Å². The summed E-state index contributed by atoms with van der Waals surface area (Å²) in [5.74, 6) is -0.538. The molecule has 1 saturated heterocycles. The Bertz CT molecular complexity index is 1600. The van der Waals surface area contributed by atoms with Crippen LogP contribution in [0.25, 0.3) is 10.9 Å². The third-order valence-electron chi connectivity index (χ3n) is 8.17. The van der Waals surface area contributed by atoms with Crippen LogP contribution < -0.4 is 4.74 Å². The van der Waals surface area contributed by atoms with E-state index in [4.69, 9.17) is 4.74 Å². The number of ether oxygens (including phenoxy) is 1. The van der Waals surface area contributed by atoms with E-state index in [2.05, 4.69) is 11.1 Å². The Morgan fingerprint density at radius 1 is 1.00 bits per heavy atom. The first-order valence-electron chi connectivity index (χ1n) is 13.5. The minimum atomic E-state index is -4.41. The highest BCUT2D eigenvalue weighted by molar-refractivity contribution is 5.90. The third-order valence-corrected chi connectivity index (χ3v) is 8.17. The highest BCUT2D eigenvalue weighted by atomic mass is 19.4. The van der Waals surface area contributed by atoms with Gasteiger partial charge < -0.3 is 9.64 Å². The zero-order valence-electron chi connectivity index (χ0n) is 22.9. The first kappa shape index (κ1) is 28.2. The Morgan fingerprint density at radius 3 is 2.41 bits per heavy atom. The molecule has 41 heavy (non-hydrogen) atoms. The van der Waals surface area contributed by atoms with Gasteiger partial charge in [-0.1, -0.05) is 54.6 Å². The molecule has 0 radical (unpaired) electrons. The fourth-order valence-electron chi connectivity index (χ4n) is 6.01. The van der Waals surface area contributed by atoms with Crippen LogP contribution in [0, 0.1) is 16.7 Å². The van der Waals surface area contributed by atoms with E-state index in [1.54, 1.807) is 31.2 Å². The third kappa shape index (κ3) is 5.37. The Labute approximate surface area is 237 Å². The number of pyridine rings is 1. The van der Waals surface area contributed by atoms with Gasteiger partial charge in [0.15, 0.2) is 0 Å². The van der Waals surface area contributed by atoms with Crippen molar-refractivity contribution < 1.29 is 22.7 Å². The number of alkyl halides is 3. The summed E-state index contributed by atoms with van der Waals surface area (Å²) < 4.78 is 45.5. The minimum Gasteiger partial charge on any atom is -0.496 e. The highest BCUT2D eigenvalue weighted by Gasteiger charge is 2.48. The second kappa shape index (κ2) is 11.2. The van der Waals surface area contributed by atoms with Crippen LogP contribution in [0.1, 0.15) is 53.9 Å². The monoisotopic (exact) mass is 557 g/mol. The molecule has 4 aromatic rings. The molecule has 1 amide bonds. The number of amides is 1. The van der Waals surface area contributed by atoms with Gasteiger partial charge in [0, 0.05) is 36.2 Å². The van der Waals surface area contributed by atoms with Crippen molar-refractivity contribution in [2.24, 2.45) is 5.41 Å². The lowest BCUT2D eigenvalue weighted by atomic mass is 9.68. The zero-order chi connectivity index (χ0) is 29.2. The highest BCUT2D eigenvalue weighted by Crippen LogP contribution is 2.47. The fourth-order valence-corrected chi connectivity index (χ4v) is 6.01. The Balaban J connectivity index is 1.50. The van der Waals surface area contributed by atoms with E-state index in [9.17, 15) is 23.2 Å². The van der Waals surface area contributed by atoms with Crippen LogP contribution >= 0.6 is 0 Å². The van der Waals surface area contributed by atoms with Crippen molar-refractivity contribution in [1.82, 2.24) is 9.88 Å². The van der Waals surface area contributed by atoms with E-state index in [-0.39, 0.29) is 11.8 Å². The van der Waals surface area contributed by atoms with Gasteiger partial charge in [-0.25, -0.2) is 0 Å². The van der Waals surface area contributed by atoms with Crippen LogP contribution in [-0.4, -0.2) is 36.0 Å². The maximum Gasteiger partial charge on any atom is 0.416 e. The molecule has 2 atom stereocenters. The summed E-state index contributed by atoms with van der Waals surface area (Å²) in [5.41, 5.74) is 0.681. The number of carbonyl (C=O) groups is 1. The quantitative estimate of drug-likeness (QED) is 0.249. The first-order valence-corrected chi connectivity index (χ1v) is 13.5. The molecule has 1 aliphatic rings. The molecule has 2 unspecified atom stereocenters. The van der Waals surface area contributed by atoms with Crippen molar-refractivity contribution in [1.29, 1.82) is 5.26 Å². The average Bonchev–Trinajstić information content (AvgIpc) is 3.00. The van der Waals surface area contributed by atoms with Gasteiger partial charge >= 0.3 is 6.18 Å². The molecule has 0 bridgehead atoms. The molecule has 3 aromatic carbocycles. The lowest BCUT2D eigenvalue weighted by Crippen LogP contribution is -2.48. The number of para-hydroxylation sites is 2. The maximum atomic E-state index is 14.3. The van der Waals surface area contributed by atoms with Crippen LogP contribution in [0.5, 0.6) is 5.75 Å². The molecule has 0 N–H and O–H groups in total. The van der Waals surface area contributed by atoms with Gasteiger partial charge in [0.1, 0.15) is 11.2 Å². The summed E-state index contributed by atoms with van der Waals surface area (Å²) in [6.07, 6.45) is -1.72. The molecule has 5 nitrogen and oxygen atoms in total. The van der Waals surface area contributed by atoms with Crippen LogP contribution in [0.3, 0.4) is 0 Å². The van der Waals surface area contributed by atoms with Crippen LogP contribution in [0.2, 0.25) is 0 Å². The molecular formula is C33H30F3N3O2. The van der Waals surface area contributed by atoms with Gasteiger partial charge in [0.2, 0.25) is 5.91 Å². The van der Waals surface area contributed by atoms with Crippen LogP contribution in [0.15, 0.2) is 85.1 Å².